The van der Waals surface area contributed by atoms with Crippen LogP contribution in [-0.4, -0.2) is 22.5 Å². The van der Waals surface area contributed by atoms with Crippen molar-refractivity contribution in [3.8, 4) is 5.75 Å². The Morgan fingerprint density at radius 3 is 2.70 bits per heavy atom. The Kier molecular flexibility index (Phi) is 6.26. The zero-order chi connectivity index (χ0) is 19.2. The average molecular weight is 404 g/mol. The lowest BCUT2D eigenvalue weighted by Gasteiger charge is -2.11. The van der Waals surface area contributed by atoms with Gasteiger partial charge >= 0.3 is 0 Å². The molecule has 0 aliphatic rings. The van der Waals surface area contributed by atoms with Gasteiger partial charge in [-0.2, -0.15) is 0 Å². The molecular weight excluding hydrogens is 389 g/mol. The topological polar surface area (TPSA) is 64.1 Å². The van der Waals surface area contributed by atoms with E-state index in [0.717, 1.165) is 10.5 Å². The summed E-state index contributed by atoms with van der Waals surface area (Å²) in [5.74, 6) is -0.545. The summed E-state index contributed by atoms with van der Waals surface area (Å²) in [6.07, 6.45) is 3.37. The highest BCUT2D eigenvalue weighted by atomic mass is 35.5. The van der Waals surface area contributed by atoms with Crippen LogP contribution in [0, 0.1) is 12.7 Å². The number of aromatic nitrogens is 2. The molecule has 1 amide bonds. The third-order valence-corrected chi connectivity index (χ3v) is 4.66. The minimum Gasteiger partial charge on any atom is -0.484 e. The highest BCUT2D eigenvalue weighted by molar-refractivity contribution is 7.99. The first-order chi connectivity index (χ1) is 13.0. The SMILES string of the molecule is Cc1cc(Sc2ncccn2)ccc1NC(=O)COc1ccc(F)c(Cl)c1. The molecule has 1 aromatic heterocycles. The number of hydrogen-bond donors (Lipinski definition) is 1. The van der Waals surface area contributed by atoms with Crippen LogP contribution in [0.15, 0.2) is 64.9 Å². The molecule has 0 saturated carbocycles. The second-order valence-corrected chi connectivity index (χ2v) is 6.97. The lowest BCUT2D eigenvalue weighted by molar-refractivity contribution is -0.118. The Hall–Kier alpha value is -2.64. The van der Waals surface area contributed by atoms with Gasteiger partial charge in [0.1, 0.15) is 11.6 Å². The van der Waals surface area contributed by atoms with Gasteiger partial charge in [-0.3, -0.25) is 4.79 Å². The van der Waals surface area contributed by atoms with Gasteiger partial charge in [0.05, 0.1) is 5.02 Å². The minimum absolute atomic E-state index is 0.0563. The van der Waals surface area contributed by atoms with Crippen LogP contribution in [0.25, 0.3) is 0 Å². The van der Waals surface area contributed by atoms with Crippen LogP contribution in [0.4, 0.5) is 10.1 Å². The van der Waals surface area contributed by atoms with E-state index >= 15 is 0 Å². The molecule has 3 rings (SSSR count). The summed E-state index contributed by atoms with van der Waals surface area (Å²) in [5, 5.41) is 3.38. The summed E-state index contributed by atoms with van der Waals surface area (Å²) in [6, 6.07) is 11.3. The van der Waals surface area contributed by atoms with Gasteiger partial charge in [0.25, 0.3) is 5.91 Å². The van der Waals surface area contributed by atoms with E-state index in [1.54, 1.807) is 18.5 Å². The van der Waals surface area contributed by atoms with Crippen LogP contribution in [-0.2, 0) is 4.79 Å². The normalized spacial score (nSPS) is 10.5. The van der Waals surface area contributed by atoms with Gasteiger partial charge in [-0.05, 0) is 60.6 Å². The first kappa shape index (κ1) is 19.1. The van der Waals surface area contributed by atoms with E-state index in [-0.39, 0.29) is 17.5 Å². The maximum atomic E-state index is 13.1. The summed E-state index contributed by atoms with van der Waals surface area (Å²) < 4.78 is 18.5. The molecule has 3 aromatic rings. The van der Waals surface area contributed by atoms with Crippen LogP contribution in [0.1, 0.15) is 5.56 Å². The Labute approximate surface area is 164 Å². The Balaban J connectivity index is 1.58. The number of halogens is 2. The molecule has 0 saturated heterocycles. The van der Waals surface area contributed by atoms with E-state index in [1.807, 2.05) is 25.1 Å². The van der Waals surface area contributed by atoms with E-state index in [4.69, 9.17) is 16.3 Å². The number of benzene rings is 2. The zero-order valence-electron chi connectivity index (χ0n) is 14.3. The number of carbonyl (C=O) groups is 1. The van der Waals surface area contributed by atoms with Crippen LogP contribution >= 0.6 is 23.4 Å². The van der Waals surface area contributed by atoms with Gasteiger partial charge in [-0.1, -0.05) is 11.6 Å². The molecule has 8 heteroatoms. The number of aryl methyl sites for hydroxylation is 1. The van der Waals surface area contributed by atoms with Crippen molar-refractivity contribution in [3.05, 3.63) is 71.3 Å². The van der Waals surface area contributed by atoms with Crippen molar-refractivity contribution in [1.29, 1.82) is 0 Å². The second-order valence-electron chi connectivity index (χ2n) is 5.52. The van der Waals surface area contributed by atoms with Gasteiger partial charge < -0.3 is 10.1 Å². The molecule has 2 aromatic carbocycles. The van der Waals surface area contributed by atoms with Crippen molar-refractivity contribution < 1.29 is 13.9 Å². The van der Waals surface area contributed by atoms with Crippen LogP contribution < -0.4 is 10.1 Å². The number of ether oxygens (including phenoxy) is 1. The number of rotatable bonds is 6. The highest BCUT2D eigenvalue weighted by Gasteiger charge is 2.09. The molecule has 0 aliphatic heterocycles. The third-order valence-electron chi connectivity index (χ3n) is 3.48. The lowest BCUT2D eigenvalue weighted by atomic mass is 10.2. The molecule has 138 valence electrons. The van der Waals surface area contributed by atoms with Crippen LogP contribution in [0.2, 0.25) is 5.02 Å². The molecule has 5 nitrogen and oxygen atoms in total. The zero-order valence-corrected chi connectivity index (χ0v) is 15.9. The van der Waals surface area contributed by atoms with Crippen LogP contribution in [0.5, 0.6) is 5.75 Å². The molecule has 0 fully saturated rings. The number of nitrogens with zero attached hydrogens (tertiary/aromatic N) is 2. The summed E-state index contributed by atoms with van der Waals surface area (Å²) in [7, 11) is 0. The number of carbonyl (C=O) groups excluding carboxylic acids is 1. The Bertz CT molecular complexity index is 957. The smallest absolute Gasteiger partial charge is 0.262 e. The molecule has 0 aliphatic carbocycles. The van der Waals surface area contributed by atoms with Crippen molar-refractivity contribution in [3.63, 3.8) is 0 Å². The van der Waals surface area contributed by atoms with Gasteiger partial charge in [0, 0.05) is 29.0 Å². The molecule has 0 spiro atoms. The fraction of sp³-hybridized carbons (Fsp3) is 0.105. The minimum atomic E-state index is -0.539. The van der Waals surface area contributed by atoms with Gasteiger partial charge in [-0.25, -0.2) is 14.4 Å². The van der Waals surface area contributed by atoms with Gasteiger partial charge in [0.2, 0.25) is 0 Å². The second kappa shape index (κ2) is 8.83. The average Bonchev–Trinajstić information content (AvgIpc) is 2.66. The monoisotopic (exact) mass is 403 g/mol. The largest absolute Gasteiger partial charge is 0.484 e. The van der Waals surface area contributed by atoms with Crippen molar-refractivity contribution >= 4 is 35.0 Å². The summed E-state index contributed by atoms with van der Waals surface area (Å²) in [4.78, 5) is 21.4. The van der Waals surface area contributed by atoms with Gasteiger partial charge in [-0.15, -0.1) is 0 Å². The lowest BCUT2D eigenvalue weighted by Crippen LogP contribution is -2.20. The van der Waals surface area contributed by atoms with E-state index in [1.165, 1.54) is 30.0 Å². The predicted octanol–water partition coefficient (Wildman–Crippen LogP) is 4.75. The standard InChI is InChI=1S/C19H15ClFN3O2S/c1-12-9-14(27-19-22-7-2-8-23-19)4-6-17(12)24-18(25)11-26-13-3-5-16(21)15(20)10-13/h2-10H,11H2,1H3,(H,24,25). The van der Waals surface area contributed by atoms with Crippen molar-refractivity contribution in [2.75, 3.05) is 11.9 Å². The van der Waals surface area contributed by atoms with Crippen molar-refractivity contribution in [1.82, 2.24) is 9.97 Å². The molecule has 0 radical (unpaired) electrons. The summed E-state index contributed by atoms with van der Waals surface area (Å²) >= 11 is 7.12. The molecule has 0 bridgehead atoms. The Morgan fingerprint density at radius 1 is 1.22 bits per heavy atom. The predicted molar refractivity (Wildman–Crippen MR) is 103 cm³/mol. The molecule has 27 heavy (non-hydrogen) atoms. The van der Waals surface area contributed by atoms with E-state index in [2.05, 4.69) is 15.3 Å². The third kappa shape index (κ3) is 5.42. The fourth-order valence-corrected chi connectivity index (χ4v) is 3.17. The number of nitrogens with one attached hydrogen (secondary N) is 1. The van der Waals surface area contributed by atoms with E-state index in [9.17, 15) is 9.18 Å². The molecule has 0 atom stereocenters. The maximum Gasteiger partial charge on any atom is 0.262 e. The summed E-state index contributed by atoms with van der Waals surface area (Å²) in [6.45, 7) is 1.68. The van der Waals surface area contributed by atoms with Crippen molar-refractivity contribution in [2.45, 2.75) is 17.0 Å². The number of hydrogen-bond acceptors (Lipinski definition) is 5. The summed E-state index contributed by atoms with van der Waals surface area (Å²) in [5.41, 5.74) is 1.58. The van der Waals surface area contributed by atoms with Crippen LogP contribution in [0.3, 0.4) is 0 Å². The Morgan fingerprint density at radius 2 is 2.00 bits per heavy atom. The molecule has 0 unspecified atom stereocenters. The molecule has 1 heterocycles. The molecular formula is C19H15ClFN3O2S. The maximum absolute atomic E-state index is 13.1. The van der Waals surface area contributed by atoms with Crippen molar-refractivity contribution in [2.24, 2.45) is 0 Å². The fourth-order valence-electron chi connectivity index (χ4n) is 2.19. The quantitative estimate of drug-likeness (QED) is 0.602. The molecule has 1 N–H and O–H groups in total. The highest BCUT2D eigenvalue weighted by Crippen LogP contribution is 2.28. The first-order valence-corrected chi connectivity index (χ1v) is 9.14. The first-order valence-electron chi connectivity index (χ1n) is 7.94. The van der Waals surface area contributed by atoms with E-state index < -0.39 is 5.82 Å². The number of amides is 1. The van der Waals surface area contributed by atoms with Gasteiger partial charge in [0.15, 0.2) is 11.8 Å². The number of anilines is 1. The van der Waals surface area contributed by atoms with E-state index in [0.29, 0.717) is 16.6 Å².